The fourth-order valence-electron chi connectivity index (χ4n) is 0.963. The third kappa shape index (κ3) is 2.95. The van der Waals surface area contributed by atoms with Crippen molar-refractivity contribution in [1.82, 2.24) is 0 Å². The number of nitrogens with zero attached hydrogens (tertiary/aromatic N) is 2. The van der Waals surface area contributed by atoms with Gasteiger partial charge in [-0.3, -0.25) is 15.1 Å². The average molecular weight is 193 g/mol. The molecule has 0 saturated heterocycles. The third-order valence-electron chi connectivity index (χ3n) is 1.58. The van der Waals surface area contributed by atoms with E-state index in [0.717, 1.165) is 0 Å². The first kappa shape index (κ1) is 10.3. The molecule has 0 saturated carbocycles. The molecular weight excluding hydrogens is 182 g/mol. The van der Waals surface area contributed by atoms with Crippen LogP contribution in [0.1, 0.15) is 5.56 Å². The molecule has 0 bridgehead atoms. The number of benzene rings is 1. The number of rotatable bonds is 4. The summed E-state index contributed by atoms with van der Waals surface area (Å²) in [6, 6.07) is 6.30. The highest BCUT2D eigenvalue weighted by atomic mass is 16.6. The minimum atomic E-state index is -0.430. The van der Waals surface area contributed by atoms with Crippen LogP contribution < -0.4 is 5.73 Å². The Morgan fingerprint density at radius 3 is 3.00 bits per heavy atom. The molecule has 5 heteroatoms. The van der Waals surface area contributed by atoms with Crippen LogP contribution in [0.4, 0.5) is 5.69 Å². The number of aliphatic imine (C=N–C) groups is 1. The molecule has 0 aromatic heterocycles. The first-order valence-corrected chi connectivity index (χ1v) is 4.18. The molecule has 14 heavy (non-hydrogen) atoms. The summed E-state index contributed by atoms with van der Waals surface area (Å²) in [5.41, 5.74) is 6.04. The molecule has 2 N–H and O–H groups in total. The van der Waals surface area contributed by atoms with Crippen LogP contribution in [0.3, 0.4) is 0 Å². The first-order valence-electron chi connectivity index (χ1n) is 4.18. The summed E-state index contributed by atoms with van der Waals surface area (Å²) in [6.07, 6.45) is 1.58. The van der Waals surface area contributed by atoms with Crippen LogP contribution in [0, 0.1) is 10.1 Å². The highest BCUT2D eigenvalue weighted by molar-refractivity contribution is 5.80. The maximum absolute atomic E-state index is 10.4. The number of non-ortho nitro benzene ring substituents is 1. The molecule has 0 radical (unpaired) electrons. The van der Waals surface area contributed by atoms with E-state index in [9.17, 15) is 10.1 Å². The van der Waals surface area contributed by atoms with Crippen molar-refractivity contribution in [3.05, 3.63) is 39.9 Å². The topological polar surface area (TPSA) is 81.5 Å². The minimum Gasteiger partial charge on any atom is -0.329 e. The SMILES string of the molecule is NCCN=Cc1cccc([N+](=O)[O-])c1. The van der Waals surface area contributed by atoms with Crippen molar-refractivity contribution in [2.24, 2.45) is 10.7 Å². The molecule has 1 rings (SSSR count). The van der Waals surface area contributed by atoms with Gasteiger partial charge in [0.15, 0.2) is 0 Å². The second-order valence-electron chi connectivity index (χ2n) is 2.68. The number of nitro groups is 1. The quantitative estimate of drug-likeness (QED) is 0.439. The average Bonchev–Trinajstić information content (AvgIpc) is 2.19. The van der Waals surface area contributed by atoms with Crippen molar-refractivity contribution < 1.29 is 4.92 Å². The number of nitrogens with two attached hydrogens (primary N) is 1. The molecule has 5 nitrogen and oxygen atoms in total. The Labute approximate surface area is 81.4 Å². The number of nitro benzene ring substituents is 1. The molecule has 0 unspecified atom stereocenters. The van der Waals surface area contributed by atoms with Crippen LogP contribution in [0.2, 0.25) is 0 Å². The van der Waals surface area contributed by atoms with Crippen LogP contribution in [0.25, 0.3) is 0 Å². The summed E-state index contributed by atoms with van der Waals surface area (Å²) < 4.78 is 0. The van der Waals surface area contributed by atoms with Gasteiger partial charge in [-0.15, -0.1) is 0 Å². The number of hydrogen-bond acceptors (Lipinski definition) is 4. The van der Waals surface area contributed by atoms with E-state index < -0.39 is 4.92 Å². The summed E-state index contributed by atoms with van der Waals surface area (Å²) in [5.74, 6) is 0. The monoisotopic (exact) mass is 193 g/mol. The van der Waals surface area contributed by atoms with Gasteiger partial charge in [0.05, 0.1) is 11.5 Å². The lowest BCUT2D eigenvalue weighted by molar-refractivity contribution is -0.384. The van der Waals surface area contributed by atoms with Gasteiger partial charge in [0.25, 0.3) is 5.69 Å². The van der Waals surface area contributed by atoms with Gasteiger partial charge < -0.3 is 5.73 Å². The van der Waals surface area contributed by atoms with Crippen molar-refractivity contribution in [2.45, 2.75) is 0 Å². The third-order valence-corrected chi connectivity index (χ3v) is 1.58. The maximum atomic E-state index is 10.4. The Kier molecular flexibility index (Phi) is 3.75. The smallest absolute Gasteiger partial charge is 0.270 e. The zero-order valence-corrected chi connectivity index (χ0v) is 7.59. The Bertz CT molecular complexity index is 350. The summed E-state index contributed by atoms with van der Waals surface area (Å²) in [7, 11) is 0. The minimum absolute atomic E-state index is 0.0710. The predicted octanol–water partition coefficient (Wildman–Crippen LogP) is 0.972. The van der Waals surface area contributed by atoms with E-state index in [2.05, 4.69) is 4.99 Å². The van der Waals surface area contributed by atoms with E-state index in [1.807, 2.05) is 0 Å². The van der Waals surface area contributed by atoms with Gasteiger partial charge in [-0.25, -0.2) is 0 Å². The van der Waals surface area contributed by atoms with Crippen LogP contribution in [0.15, 0.2) is 29.3 Å². The molecular formula is C9H11N3O2. The lowest BCUT2D eigenvalue weighted by Crippen LogP contribution is -2.02. The largest absolute Gasteiger partial charge is 0.329 e. The highest BCUT2D eigenvalue weighted by Crippen LogP contribution is 2.11. The van der Waals surface area contributed by atoms with Gasteiger partial charge in [0, 0.05) is 24.9 Å². The van der Waals surface area contributed by atoms with Crippen molar-refractivity contribution in [3.63, 3.8) is 0 Å². The zero-order valence-electron chi connectivity index (χ0n) is 7.59. The lowest BCUT2D eigenvalue weighted by Gasteiger charge is -1.93. The Balaban J connectivity index is 2.78. The molecule has 0 aliphatic heterocycles. The fourth-order valence-corrected chi connectivity index (χ4v) is 0.963. The lowest BCUT2D eigenvalue weighted by atomic mass is 10.2. The zero-order chi connectivity index (χ0) is 10.4. The Hall–Kier alpha value is -1.75. The molecule has 0 aliphatic rings. The number of hydrogen-bond donors (Lipinski definition) is 1. The standard InChI is InChI=1S/C9H11N3O2/c10-4-5-11-7-8-2-1-3-9(6-8)12(13)14/h1-3,6-7H,4-5,10H2. The van der Waals surface area contributed by atoms with Gasteiger partial charge in [-0.05, 0) is 5.56 Å². The second kappa shape index (κ2) is 5.08. The van der Waals surface area contributed by atoms with E-state index in [1.165, 1.54) is 12.1 Å². The van der Waals surface area contributed by atoms with E-state index in [-0.39, 0.29) is 5.69 Å². The molecule has 0 amide bonds. The van der Waals surface area contributed by atoms with Crippen LogP contribution >= 0.6 is 0 Å². The Morgan fingerprint density at radius 2 is 2.36 bits per heavy atom. The molecule has 74 valence electrons. The van der Waals surface area contributed by atoms with Crippen LogP contribution in [-0.4, -0.2) is 24.2 Å². The van der Waals surface area contributed by atoms with Gasteiger partial charge in [-0.2, -0.15) is 0 Å². The summed E-state index contributed by atoms with van der Waals surface area (Å²) >= 11 is 0. The molecule has 0 aliphatic carbocycles. The van der Waals surface area contributed by atoms with Crippen LogP contribution in [-0.2, 0) is 0 Å². The molecule has 1 aromatic rings. The molecule has 1 aromatic carbocycles. The van der Waals surface area contributed by atoms with E-state index in [1.54, 1.807) is 18.3 Å². The van der Waals surface area contributed by atoms with E-state index in [0.29, 0.717) is 18.7 Å². The van der Waals surface area contributed by atoms with Gasteiger partial charge in [0.2, 0.25) is 0 Å². The molecule has 0 heterocycles. The van der Waals surface area contributed by atoms with E-state index >= 15 is 0 Å². The van der Waals surface area contributed by atoms with Crippen molar-refractivity contribution in [2.75, 3.05) is 13.1 Å². The second-order valence-corrected chi connectivity index (χ2v) is 2.68. The molecule has 0 atom stereocenters. The first-order chi connectivity index (χ1) is 6.74. The van der Waals surface area contributed by atoms with Crippen molar-refractivity contribution in [1.29, 1.82) is 0 Å². The predicted molar refractivity (Wildman–Crippen MR) is 54.6 cm³/mol. The summed E-state index contributed by atoms with van der Waals surface area (Å²) in [5, 5.41) is 10.4. The van der Waals surface area contributed by atoms with Crippen LogP contribution in [0.5, 0.6) is 0 Å². The highest BCUT2D eigenvalue weighted by Gasteiger charge is 2.03. The summed E-state index contributed by atoms with van der Waals surface area (Å²) in [6.45, 7) is 1.01. The van der Waals surface area contributed by atoms with Gasteiger partial charge in [-0.1, -0.05) is 12.1 Å². The molecule has 0 spiro atoms. The van der Waals surface area contributed by atoms with E-state index in [4.69, 9.17) is 5.73 Å². The Morgan fingerprint density at radius 1 is 1.57 bits per heavy atom. The van der Waals surface area contributed by atoms with Crippen molar-refractivity contribution in [3.8, 4) is 0 Å². The van der Waals surface area contributed by atoms with Gasteiger partial charge in [0.1, 0.15) is 0 Å². The van der Waals surface area contributed by atoms with Gasteiger partial charge >= 0.3 is 0 Å². The fraction of sp³-hybridized carbons (Fsp3) is 0.222. The summed E-state index contributed by atoms with van der Waals surface area (Å²) in [4.78, 5) is 14.0. The van der Waals surface area contributed by atoms with Crippen molar-refractivity contribution >= 4 is 11.9 Å². The maximum Gasteiger partial charge on any atom is 0.270 e. The molecule has 0 fully saturated rings. The normalized spacial score (nSPS) is 10.6.